The zero-order valence-electron chi connectivity index (χ0n) is 13.1. The van der Waals surface area contributed by atoms with E-state index < -0.39 is 0 Å². The van der Waals surface area contributed by atoms with Gasteiger partial charge in [0.25, 0.3) is 0 Å². The topological polar surface area (TPSA) is 47.7 Å². The highest BCUT2D eigenvalue weighted by atomic mass is 19.1. The van der Waals surface area contributed by atoms with E-state index in [-0.39, 0.29) is 11.5 Å². The fourth-order valence-corrected chi connectivity index (χ4v) is 1.93. The molecule has 0 radical (unpaired) electrons. The second kappa shape index (κ2) is 10.4. The van der Waals surface area contributed by atoms with Gasteiger partial charge in [0.2, 0.25) is 0 Å². The van der Waals surface area contributed by atoms with Crippen molar-refractivity contribution in [2.75, 3.05) is 50.2 Å². The molecule has 0 saturated carbocycles. The summed E-state index contributed by atoms with van der Waals surface area (Å²) in [4.78, 5) is 2.06. The van der Waals surface area contributed by atoms with Gasteiger partial charge in [0.1, 0.15) is 5.82 Å². The number of anilines is 2. The monoisotopic (exact) mass is 298 g/mol. The van der Waals surface area contributed by atoms with Gasteiger partial charge in [0, 0.05) is 32.0 Å². The fraction of sp³-hybridized carbons (Fsp3) is 0.625. The summed E-state index contributed by atoms with van der Waals surface area (Å²) in [6, 6.07) is 4.89. The third kappa shape index (κ3) is 6.78. The van der Waals surface area contributed by atoms with Gasteiger partial charge >= 0.3 is 0 Å². The second-order valence-electron chi connectivity index (χ2n) is 4.92. The minimum absolute atomic E-state index is 0.170. The molecule has 1 aromatic rings. The molecule has 0 saturated heterocycles. The van der Waals surface area contributed by atoms with Gasteiger partial charge in [-0.3, -0.25) is 0 Å². The molecular formula is C16H27FN2O2. The van der Waals surface area contributed by atoms with Crippen LogP contribution in [-0.2, 0) is 9.47 Å². The highest BCUT2D eigenvalue weighted by Crippen LogP contribution is 2.19. The van der Waals surface area contributed by atoms with Crippen molar-refractivity contribution in [2.45, 2.75) is 26.7 Å². The summed E-state index contributed by atoms with van der Waals surface area (Å²) in [5, 5.41) is 0. The number of ether oxygens (including phenoxy) is 2. The molecule has 0 bridgehead atoms. The van der Waals surface area contributed by atoms with Crippen LogP contribution in [0.4, 0.5) is 15.8 Å². The van der Waals surface area contributed by atoms with Crippen LogP contribution in [0.3, 0.4) is 0 Å². The van der Waals surface area contributed by atoms with Crippen molar-refractivity contribution < 1.29 is 13.9 Å². The van der Waals surface area contributed by atoms with Crippen molar-refractivity contribution in [3.63, 3.8) is 0 Å². The van der Waals surface area contributed by atoms with Crippen molar-refractivity contribution in [2.24, 2.45) is 0 Å². The molecule has 21 heavy (non-hydrogen) atoms. The molecule has 2 N–H and O–H groups in total. The number of halogens is 1. The van der Waals surface area contributed by atoms with Crippen LogP contribution in [0.5, 0.6) is 0 Å². The largest absolute Gasteiger partial charge is 0.396 e. The lowest BCUT2D eigenvalue weighted by molar-refractivity contribution is 0.129. The Balaban J connectivity index is 2.58. The van der Waals surface area contributed by atoms with Crippen LogP contribution >= 0.6 is 0 Å². The molecule has 0 aliphatic rings. The highest BCUT2D eigenvalue weighted by Gasteiger charge is 2.09. The molecular weight excluding hydrogens is 271 g/mol. The Morgan fingerprint density at radius 3 is 2.05 bits per heavy atom. The molecule has 0 aromatic heterocycles. The first-order chi connectivity index (χ1) is 10.2. The first-order valence-corrected chi connectivity index (χ1v) is 7.64. The lowest BCUT2D eigenvalue weighted by atomic mass is 10.2. The van der Waals surface area contributed by atoms with Gasteiger partial charge in [-0.2, -0.15) is 0 Å². The van der Waals surface area contributed by atoms with E-state index in [2.05, 4.69) is 18.7 Å². The second-order valence-corrected chi connectivity index (χ2v) is 4.92. The number of nitrogens with two attached hydrogens (primary N) is 1. The minimum Gasteiger partial charge on any atom is -0.396 e. The Morgan fingerprint density at radius 2 is 1.57 bits per heavy atom. The summed E-state index contributed by atoms with van der Waals surface area (Å²) < 4.78 is 24.6. The molecule has 120 valence electrons. The molecule has 4 nitrogen and oxygen atoms in total. The van der Waals surface area contributed by atoms with Gasteiger partial charge in [-0.15, -0.1) is 0 Å². The molecule has 0 aliphatic heterocycles. The number of nitrogens with zero attached hydrogens (tertiary/aromatic N) is 1. The zero-order chi connectivity index (χ0) is 15.5. The highest BCUT2D eigenvalue weighted by molar-refractivity contribution is 5.54. The SMILES string of the molecule is CCCOCCN(CCOCCC)c1ccc(N)c(F)c1. The summed E-state index contributed by atoms with van der Waals surface area (Å²) in [7, 11) is 0. The number of hydrogen-bond donors (Lipinski definition) is 1. The molecule has 0 heterocycles. The molecule has 1 aromatic carbocycles. The molecule has 0 amide bonds. The van der Waals surface area contributed by atoms with E-state index in [1.165, 1.54) is 6.07 Å². The molecule has 0 atom stereocenters. The minimum atomic E-state index is -0.388. The van der Waals surface area contributed by atoms with Crippen molar-refractivity contribution in [3.05, 3.63) is 24.0 Å². The summed E-state index contributed by atoms with van der Waals surface area (Å²) >= 11 is 0. The summed E-state index contributed by atoms with van der Waals surface area (Å²) in [6.45, 7) is 8.29. The van der Waals surface area contributed by atoms with Gasteiger partial charge in [-0.05, 0) is 31.0 Å². The van der Waals surface area contributed by atoms with Crippen LogP contribution in [0.15, 0.2) is 18.2 Å². The Morgan fingerprint density at radius 1 is 1.00 bits per heavy atom. The number of hydrogen-bond acceptors (Lipinski definition) is 4. The Bertz CT molecular complexity index is 390. The van der Waals surface area contributed by atoms with E-state index in [0.29, 0.717) is 26.3 Å². The number of nitrogen functional groups attached to an aromatic ring is 1. The normalized spacial score (nSPS) is 10.8. The van der Waals surface area contributed by atoms with Crippen LogP contribution in [-0.4, -0.2) is 39.5 Å². The zero-order valence-corrected chi connectivity index (χ0v) is 13.1. The molecule has 1 rings (SSSR count). The first-order valence-electron chi connectivity index (χ1n) is 7.64. The quantitative estimate of drug-likeness (QED) is 0.504. The predicted octanol–water partition coefficient (Wildman–Crippen LogP) is 3.07. The van der Waals surface area contributed by atoms with Crippen LogP contribution in [0.25, 0.3) is 0 Å². The van der Waals surface area contributed by atoms with Crippen LogP contribution in [0.2, 0.25) is 0 Å². The predicted molar refractivity (Wildman–Crippen MR) is 85.2 cm³/mol. The van der Waals surface area contributed by atoms with E-state index in [0.717, 1.165) is 31.7 Å². The summed E-state index contributed by atoms with van der Waals surface area (Å²) in [5.74, 6) is -0.388. The fourth-order valence-electron chi connectivity index (χ4n) is 1.93. The molecule has 5 heteroatoms. The summed E-state index contributed by atoms with van der Waals surface area (Å²) in [5.41, 5.74) is 6.50. The van der Waals surface area contributed by atoms with E-state index in [1.54, 1.807) is 6.07 Å². The Hall–Kier alpha value is -1.33. The molecule has 0 unspecified atom stereocenters. The number of benzene rings is 1. The van der Waals surface area contributed by atoms with Gasteiger partial charge in [0.05, 0.1) is 18.9 Å². The number of rotatable bonds is 11. The van der Waals surface area contributed by atoms with Gasteiger partial charge < -0.3 is 20.1 Å². The third-order valence-corrected chi connectivity index (χ3v) is 3.06. The van der Waals surface area contributed by atoms with Crippen LogP contribution in [0, 0.1) is 5.82 Å². The Kier molecular flexibility index (Phi) is 8.78. The van der Waals surface area contributed by atoms with E-state index >= 15 is 0 Å². The lowest BCUT2D eigenvalue weighted by Gasteiger charge is -2.25. The average Bonchev–Trinajstić information content (AvgIpc) is 2.48. The van der Waals surface area contributed by atoms with E-state index in [1.807, 2.05) is 6.07 Å². The Labute approximate surface area is 127 Å². The van der Waals surface area contributed by atoms with Crippen molar-refractivity contribution in [1.29, 1.82) is 0 Å². The third-order valence-electron chi connectivity index (χ3n) is 3.06. The van der Waals surface area contributed by atoms with Crippen molar-refractivity contribution in [1.82, 2.24) is 0 Å². The van der Waals surface area contributed by atoms with E-state index in [9.17, 15) is 4.39 Å². The van der Waals surface area contributed by atoms with Gasteiger partial charge in [-0.1, -0.05) is 13.8 Å². The van der Waals surface area contributed by atoms with E-state index in [4.69, 9.17) is 15.2 Å². The average molecular weight is 298 g/mol. The lowest BCUT2D eigenvalue weighted by Crippen LogP contribution is -2.31. The maximum absolute atomic E-state index is 13.6. The summed E-state index contributed by atoms with van der Waals surface area (Å²) in [6.07, 6.45) is 1.99. The van der Waals surface area contributed by atoms with Crippen LogP contribution in [0.1, 0.15) is 26.7 Å². The van der Waals surface area contributed by atoms with Crippen molar-refractivity contribution in [3.8, 4) is 0 Å². The first kappa shape index (κ1) is 17.7. The van der Waals surface area contributed by atoms with Gasteiger partial charge in [0.15, 0.2) is 0 Å². The van der Waals surface area contributed by atoms with Crippen molar-refractivity contribution >= 4 is 11.4 Å². The molecule has 0 fully saturated rings. The van der Waals surface area contributed by atoms with Crippen LogP contribution < -0.4 is 10.6 Å². The maximum atomic E-state index is 13.6. The molecule has 0 spiro atoms. The standard InChI is InChI=1S/C16H27FN2O2/c1-3-9-20-11-7-19(8-12-21-10-4-2)14-5-6-16(18)15(17)13-14/h5-6,13H,3-4,7-12,18H2,1-2H3. The smallest absolute Gasteiger partial charge is 0.148 e. The molecule has 0 aliphatic carbocycles. The maximum Gasteiger partial charge on any atom is 0.148 e. The van der Waals surface area contributed by atoms with Gasteiger partial charge in [-0.25, -0.2) is 4.39 Å².